The molecule has 3 heteroatoms. The molecule has 0 radical (unpaired) electrons. The maximum atomic E-state index is 11.8. The minimum Gasteiger partial charge on any atom is -0.460 e. The number of carbonyl (C=O) groups is 1. The van der Waals surface area contributed by atoms with Gasteiger partial charge in [-0.1, -0.05) is 30.3 Å². The number of aryl methyl sites for hydroxylation is 1. The van der Waals surface area contributed by atoms with E-state index in [0.29, 0.717) is 6.42 Å². The molecule has 0 fully saturated rings. The van der Waals surface area contributed by atoms with Gasteiger partial charge in [0.15, 0.2) is 0 Å². The summed E-state index contributed by atoms with van der Waals surface area (Å²) in [5.74, 6) is -0.837. The number of aliphatic hydroxyl groups excluding tert-OH is 1. The lowest BCUT2D eigenvalue weighted by Crippen LogP contribution is -2.33. The van der Waals surface area contributed by atoms with Crippen molar-refractivity contribution in [2.24, 2.45) is 5.92 Å². The lowest BCUT2D eigenvalue weighted by atomic mass is 9.97. The van der Waals surface area contributed by atoms with Crippen LogP contribution in [-0.2, 0) is 16.0 Å². The van der Waals surface area contributed by atoms with Crippen molar-refractivity contribution in [1.29, 1.82) is 0 Å². The molecule has 1 aromatic carbocycles. The Kier molecular flexibility index (Phi) is 5.55. The van der Waals surface area contributed by atoms with E-state index < -0.39 is 17.6 Å². The van der Waals surface area contributed by atoms with E-state index in [1.807, 2.05) is 51.1 Å². The van der Waals surface area contributed by atoms with Gasteiger partial charge in [-0.2, -0.15) is 0 Å². The summed E-state index contributed by atoms with van der Waals surface area (Å²) in [7, 11) is 0. The van der Waals surface area contributed by atoms with Crippen LogP contribution in [0.25, 0.3) is 0 Å². The molecule has 0 unspecified atom stereocenters. The van der Waals surface area contributed by atoms with Crippen LogP contribution >= 0.6 is 0 Å². The lowest BCUT2D eigenvalue weighted by molar-refractivity contribution is -0.163. The molecule has 0 aliphatic rings. The maximum absolute atomic E-state index is 11.8. The quantitative estimate of drug-likeness (QED) is 0.832. The average Bonchev–Trinajstić information content (AvgIpc) is 2.34. The van der Waals surface area contributed by atoms with E-state index in [1.54, 1.807) is 6.92 Å². The molecular formula is C16H24O3. The first kappa shape index (κ1) is 15.7. The highest BCUT2D eigenvalue weighted by molar-refractivity contribution is 5.73. The summed E-state index contributed by atoms with van der Waals surface area (Å²) in [6.45, 7) is 7.19. The average molecular weight is 264 g/mol. The minimum absolute atomic E-state index is 0.340. The summed E-state index contributed by atoms with van der Waals surface area (Å²) in [6, 6.07) is 9.94. The Morgan fingerprint density at radius 3 is 2.37 bits per heavy atom. The van der Waals surface area contributed by atoms with Gasteiger partial charge in [-0.05, 0) is 46.1 Å². The zero-order valence-electron chi connectivity index (χ0n) is 12.2. The summed E-state index contributed by atoms with van der Waals surface area (Å²) in [5.41, 5.74) is 0.655. The van der Waals surface area contributed by atoms with E-state index >= 15 is 0 Å². The van der Waals surface area contributed by atoms with Gasteiger partial charge in [-0.15, -0.1) is 0 Å². The highest BCUT2D eigenvalue weighted by Crippen LogP contribution is 2.16. The highest BCUT2D eigenvalue weighted by Gasteiger charge is 2.26. The van der Waals surface area contributed by atoms with Crippen LogP contribution in [0.1, 0.15) is 39.7 Å². The molecule has 1 rings (SSSR count). The molecule has 0 amide bonds. The van der Waals surface area contributed by atoms with Crippen LogP contribution in [0.3, 0.4) is 0 Å². The fourth-order valence-corrected chi connectivity index (χ4v) is 1.76. The second-order valence-electron chi connectivity index (χ2n) is 5.91. The zero-order chi connectivity index (χ0) is 14.5. The van der Waals surface area contributed by atoms with Gasteiger partial charge in [-0.3, -0.25) is 4.79 Å². The number of ether oxygens (including phenoxy) is 1. The van der Waals surface area contributed by atoms with E-state index in [0.717, 1.165) is 12.0 Å². The molecular weight excluding hydrogens is 240 g/mol. The van der Waals surface area contributed by atoms with E-state index in [4.69, 9.17) is 4.74 Å². The smallest absolute Gasteiger partial charge is 0.311 e. The van der Waals surface area contributed by atoms with Gasteiger partial charge in [0.1, 0.15) is 5.60 Å². The van der Waals surface area contributed by atoms with Crippen molar-refractivity contribution in [3.63, 3.8) is 0 Å². The van der Waals surface area contributed by atoms with E-state index in [9.17, 15) is 9.90 Å². The van der Waals surface area contributed by atoms with Gasteiger partial charge in [0.05, 0.1) is 12.0 Å². The summed E-state index contributed by atoms with van der Waals surface area (Å²) >= 11 is 0. The summed E-state index contributed by atoms with van der Waals surface area (Å²) < 4.78 is 5.27. The highest BCUT2D eigenvalue weighted by atomic mass is 16.6. The van der Waals surface area contributed by atoms with Crippen molar-refractivity contribution in [2.75, 3.05) is 0 Å². The van der Waals surface area contributed by atoms with E-state index in [2.05, 4.69) is 0 Å². The number of hydrogen-bond donors (Lipinski definition) is 1. The second-order valence-corrected chi connectivity index (χ2v) is 5.91. The Morgan fingerprint density at radius 1 is 1.26 bits per heavy atom. The van der Waals surface area contributed by atoms with Gasteiger partial charge in [0, 0.05) is 0 Å². The van der Waals surface area contributed by atoms with Crippen molar-refractivity contribution >= 4 is 5.97 Å². The number of esters is 1. The molecule has 0 saturated carbocycles. The maximum Gasteiger partial charge on any atom is 0.311 e. The molecule has 106 valence electrons. The number of carbonyl (C=O) groups excluding carboxylic acids is 1. The zero-order valence-corrected chi connectivity index (χ0v) is 12.2. The molecule has 19 heavy (non-hydrogen) atoms. The van der Waals surface area contributed by atoms with Crippen LogP contribution in [0.15, 0.2) is 30.3 Å². The van der Waals surface area contributed by atoms with Crippen molar-refractivity contribution in [3.05, 3.63) is 35.9 Å². The number of rotatable bonds is 5. The van der Waals surface area contributed by atoms with Crippen molar-refractivity contribution in [2.45, 2.75) is 52.2 Å². The number of benzene rings is 1. The van der Waals surface area contributed by atoms with Crippen LogP contribution < -0.4 is 0 Å². The Balaban J connectivity index is 2.44. The third-order valence-corrected chi connectivity index (χ3v) is 2.93. The molecule has 0 aliphatic carbocycles. The monoisotopic (exact) mass is 264 g/mol. The van der Waals surface area contributed by atoms with Gasteiger partial charge in [-0.25, -0.2) is 0 Å². The van der Waals surface area contributed by atoms with Crippen molar-refractivity contribution in [1.82, 2.24) is 0 Å². The van der Waals surface area contributed by atoms with Gasteiger partial charge in [0.25, 0.3) is 0 Å². The number of aliphatic hydroxyl groups is 1. The second kappa shape index (κ2) is 6.71. The normalized spacial score (nSPS) is 14.8. The molecule has 0 heterocycles. The molecule has 0 aliphatic heterocycles. The predicted molar refractivity (Wildman–Crippen MR) is 75.8 cm³/mol. The SMILES string of the molecule is C[C@@H](C(=O)OC(C)(C)C)[C@H](O)CCc1ccccc1. The fourth-order valence-electron chi connectivity index (χ4n) is 1.76. The van der Waals surface area contributed by atoms with Gasteiger partial charge in [0.2, 0.25) is 0 Å². The molecule has 0 aromatic heterocycles. The molecule has 2 atom stereocenters. The molecule has 1 aromatic rings. The standard InChI is InChI=1S/C16H24O3/c1-12(15(18)19-16(2,3)4)14(17)11-10-13-8-6-5-7-9-13/h5-9,12,14,17H,10-11H2,1-4H3/t12-,14-/m1/s1. The molecule has 0 saturated heterocycles. The third kappa shape index (κ3) is 5.88. The number of hydrogen-bond acceptors (Lipinski definition) is 3. The Morgan fingerprint density at radius 2 is 1.84 bits per heavy atom. The van der Waals surface area contributed by atoms with Crippen LogP contribution in [0.5, 0.6) is 0 Å². The lowest BCUT2D eigenvalue weighted by Gasteiger charge is -2.24. The minimum atomic E-state index is -0.671. The molecule has 0 bridgehead atoms. The van der Waals surface area contributed by atoms with Gasteiger partial charge >= 0.3 is 5.97 Å². The van der Waals surface area contributed by atoms with Crippen molar-refractivity contribution in [3.8, 4) is 0 Å². The van der Waals surface area contributed by atoms with Crippen LogP contribution in [0.2, 0.25) is 0 Å². The first-order valence-corrected chi connectivity index (χ1v) is 6.74. The molecule has 0 spiro atoms. The Hall–Kier alpha value is -1.35. The van der Waals surface area contributed by atoms with Crippen LogP contribution in [-0.4, -0.2) is 22.8 Å². The predicted octanol–water partition coefficient (Wildman–Crippen LogP) is 2.96. The van der Waals surface area contributed by atoms with Gasteiger partial charge < -0.3 is 9.84 Å². The summed E-state index contributed by atoms with van der Waals surface area (Å²) in [6.07, 6.45) is 0.648. The van der Waals surface area contributed by atoms with E-state index in [-0.39, 0.29) is 5.97 Å². The van der Waals surface area contributed by atoms with Crippen molar-refractivity contribution < 1.29 is 14.6 Å². The summed E-state index contributed by atoms with van der Waals surface area (Å²) in [4.78, 5) is 11.8. The molecule has 1 N–H and O–H groups in total. The fraction of sp³-hybridized carbons (Fsp3) is 0.562. The largest absolute Gasteiger partial charge is 0.460 e. The van der Waals surface area contributed by atoms with Crippen LogP contribution in [0.4, 0.5) is 0 Å². The summed E-state index contributed by atoms with van der Waals surface area (Å²) in [5, 5.41) is 10.0. The third-order valence-electron chi connectivity index (χ3n) is 2.93. The van der Waals surface area contributed by atoms with Crippen LogP contribution in [0, 0.1) is 5.92 Å². The topological polar surface area (TPSA) is 46.5 Å². The Bertz CT molecular complexity index is 392. The van der Waals surface area contributed by atoms with E-state index in [1.165, 1.54) is 0 Å². The first-order chi connectivity index (χ1) is 8.79. The molecule has 3 nitrogen and oxygen atoms in total. The Labute approximate surface area is 115 Å². The first-order valence-electron chi connectivity index (χ1n) is 6.74.